The van der Waals surface area contributed by atoms with E-state index in [0.29, 0.717) is 6.54 Å². The van der Waals surface area contributed by atoms with Crippen molar-refractivity contribution in [1.82, 2.24) is 4.90 Å². The molecule has 0 atom stereocenters. The molecule has 86 valence electrons. The number of nitrogens with zero attached hydrogens (tertiary/aromatic N) is 1. The fourth-order valence-electron chi connectivity index (χ4n) is 2.11. The van der Waals surface area contributed by atoms with Crippen molar-refractivity contribution in [3.05, 3.63) is 0 Å². The fraction of sp³-hybridized carbons (Fsp3) is 1.00. The van der Waals surface area contributed by atoms with E-state index in [1.807, 2.05) is 0 Å². The van der Waals surface area contributed by atoms with Crippen molar-refractivity contribution in [3.63, 3.8) is 0 Å². The van der Waals surface area contributed by atoms with Gasteiger partial charge in [-0.05, 0) is 25.8 Å². The van der Waals surface area contributed by atoms with E-state index in [-0.39, 0.29) is 12.1 Å². The molecule has 0 aliphatic rings. The van der Waals surface area contributed by atoms with Gasteiger partial charge in [0.2, 0.25) is 0 Å². The molecule has 0 spiro atoms. The van der Waals surface area contributed by atoms with Crippen LogP contribution in [0.1, 0.15) is 40.0 Å². The Bertz CT molecular complexity index is 127. The Kier molecular flexibility index (Phi) is 7.15. The third kappa shape index (κ3) is 3.23. The first-order valence-corrected chi connectivity index (χ1v) is 5.76. The monoisotopic (exact) mass is 202 g/mol. The molecule has 0 radical (unpaired) electrons. The molecule has 0 aliphatic carbocycles. The van der Waals surface area contributed by atoms with Crippen molar-refractivity contribution < 1.29 is 5.11 Å². The first-order chi connectivity index (χ1) is 6.70. The highest BCUT2D eigenvalue weighted by atomic mass is 16.3. The van der Waals surface area contributed by atoms with E-state index < -0.39 is 0 Å². The predicted octanol–water partition coefficient (Wildman–Crippen LogP) is 1.21. The lowest BCUT2D eigenvalue weighted by Gasteiger charge is -2.42. The van der Waals surface area contributed by atoms with E-state index in [9.17, 15) is 0 Å². The molecule has 0 amide bonds. The third-order valence-corrected chi connectivity index (χ3v) is 3.33. The minimum atomic E-state index is 0.143. The molecule has 0 unspecified atom stereocenters. The van der Waals surface area contributed by atoms with Gasteiger partial charge in [-0.1, -0.05) is 20.8 Å². The average Bonchev–Trinajstić information content (AvgIpc) is 2.25. The summed E-state index contributed by atoms with van der Waals surface area (Å²) in [4.78, 5) is 2.41. The van der Waals surface area contributed by atoms with Crippen LogP contribution in [-0.2, 0) is 0 Å². The molecule has 3 N–H and O–H groups in total. The maximum atomic E-state index is 8.84. The molecule has 0 saturated heterocycles. The van der Waals surface area contributed by atoms with Crippen molar-refractivity contribution in [2.24, 2.45) is 5.73 Å². The number of likely N-dealkylation sites (N-methyl/N-ethyl adjacent to an activating group) is 1. The third-order valence-electron chi connectivity index (χ3n) is 3.33. The Morgan fingerprint density at radius 3 is 2.07 bits per heavy atom. The van der Waals surface area contributed by atoms with Crippen LogP contribution in [0, 0.1) is 0 Å². The van der Waals surface area contributed by atoms with Gasteiger partial charge in [0.05, 0.1) is 0 Å². The molecule has 0 aliphatic heterocycles. The SMILES string of the molecule is CCN(CCCO)C(CC)(CC)CN. The lowest BCUT2D eigenvalue weighted by Crippen LogP contribution is -2.53. The summed E-state index contributed by atoms with van der Waals surface area (Å²) in [5.74, 6) is 0. The summed E-state index contributed by atoms with van der Waals surface area (Å²) >= 11 is 0. The zero-order valence-electron chi connectivity index (χ0n) is 9.92. The van der Waals surface area contributed by atoms with E-state index in [1.54, 1.807) is 0 Å². The van der Waals surface area contributed by atoms with Gasteiger partial charge < -0.3 is 10.8 Å². The molecule has 0 bridgehead atoms. The first-order valence-electron chi connectivity index (χ1n) is 5.76. The van der Waals surface area contributed by atoms with Crippen LogP contribution in [-0.4, -0.2) is 41.8 Å². The van der Waals surface area contributed by atoms with Gasteiger partial charge in [0.1, 0.15) is 0 Å². The van der Waals surface area contributed by atoms with E-state index in [4.69, 9.17) is 10.8 Å². The van der Waals surface area contributed by atoms with Crippen LogP contribution < -0.4 is 5.73 Å². The molecule has 0 fully saturated rings. The normalized spacial score (nSPS) is 12.4. The number of rotatable bonds is 8. The molecule has 0 aromatic heterocycles. The molecule has 3 nitrogen and oxygen atoms in total. The van der Waals surface area contributed by atoms with Crippen molar-refractivity contribution in [2.75, 3.05) is 26.2 Å². The van der Waals surface area contributed by atoms with Crippen molar-refractivity contribution >= 4 is 0 Å². The number of aliphatic hydroxyl groups is 1. The largest absolute Gasteiger partial charge is 0.396 e. The molecule has 14 heavy (non-hydrogen) atoms. The van der Waals surface area contributed by atoms with Crippen LogP contribution >= 0.6 is 0 Å². The number of aliphatic hydroxyl groups excluding tert-OH is 1. The zero-order valence-corrected chi connectivity index (χ0v) is 9.92. The lowest BCUT2D eigenvalue weighted by atomic mass is 9.90. The van der Waals surface area contributed by atoms with E-state index in [2.05, 4.69) is 25.7 Å². The number of hydrogen-bond acceptors (Lipinski definition) is 3. The number of hydrogen-bond donors (Lipinski definition) is 2. The second-order valence-electron chi connectivity index (χ2n) is 3.79. The lowest BCUT2D eigenvalue weighted by molar-refractivity contribution is 0.0828. The predicted molar refractivity (Wildman–Crippen MR) is 61.3 cm³/mol. The smallest absolute Gasteiger partial charge is 0.0443 e. The second-order valence-corrected chi connectivity index (χ2v) is 3.79. The highest BCUT2D eigenvalue weighted by Gasteiger charge is 2.30. The highest BCUT2D eigenvalue weighted by molar-refractivity contribution is 4.88. The van der Waals surface area contributed by atoms with E-state index in [0.717, 1.165) is 32.4 Å². The van der Waals surface area contributed by atoms with Gasteiger partial charge in [0.25, 0.3) is 0 Å². The molecule has 0 aromatic carbocycles. The van der Waals surface area contributed by atoms with E-state index >= 15 is 0 Å². The Balaban J connectivity index is 4.40. The maximum absolute atomic E-state index is 8.84. The Morgan fingerprint density at radius 1 is 1.21 bits per heavy atom. The van der Waals surface area contributed by atoms with Crippen LogP contribution in [0.15, 0.2) is 0 Å². The van der Waals surface area contributed by atoms with Crippen LogP contribution in [0.3, 0.4) is 0 Å². The minimum Gasteiger partial charge on any atom is -0.396 e. The zero-order chi connectivity index (χ0) is 11.0. The van der Waals surface area contributed by atoms with Gasteiger partial charge in [-0.3, -0.25) is 4.90 Å². The van der Waals surface area contributed by atoms with Crippen molar-refractivity contribution in [3.8, 4) is 0 Å². The Labute approximate surface area is 88.3 Å². The fourth-order valence-corrected chi connectivity index (χ4v) is 2.11. The summed E-state index contributed by atoms with van der Waals surface area (Å²) < 4.78 is 0. The van der Waals surface area contributed by atoms with E-state index in [1.165, 1.54) is 0 Å². The van der Waals surface area contributed by atoms with Gasteiger partial charge in [0, 0.05) is 25.2 Å². The van der Waals surface area contributed by atoms with Crippen LogP contribution in [0.25, 0.3) is 0 Å². The summed E-state index contributed by atoms with van der Waals surface area (Å²) in [7, 11) is 0. The van der Waals surface area contributed by atoms with Gasteiger partial charge in [-0.2, -0.15) is 0 Å². The number of nitrogens with two attached hydrogens (primary N) is 1. The Hall–Kier alpha value is -0.120. The molecule has 0 rings (SSSR count). The average molecular weight is 202 g/mol. The van der Waals surface area contributed by atoms with Gasteiger partial charge in [-0.25, -0.2) is 0 Å². The summed E-state index contributed by atoms with van der Waals surface area (Å²) in [6, 6.07) is 0. The topological polar surface area (TPSA) is 49.5 Å². The molecule has 3 heteroatoms. The Morgan fingerprint density at radius 2 is 1.79 bits per heavy atom. The summed E-state index contributed by atoms with van der Waals surface area (Å²) in [6.07, 6.45) is 3.01. The molecule has 0 saturated carbocycles. The first kappa shape index (κ1) is 13.9. The summed E-state index contributed by atoms with van der Waals surface area (Å²) in [5.41, 5.74) is 6.02. The van der Waals surface area contributed by atoms with Gasteiger partial charge in [-0.15, -0.1) is 0 Å². The molecular formula is C11H26N2O. The van der Waals surface area contributed by atoms with Crippen LogP contribution in [0.5, 0.6) is 0 Å². The quantitative estimate of drug-likeness (QED) is 0.622. The maximum Gasteiger partial charge on any atom is 0.0443 e. The minimum absolute atomic E-state index is 0.143. The second kappa shape index (κ2) is 7.21. The van der Waals surface area contributed by atoms with Crippen LogP contribution in [0.2, 0.25) is 0 Å². The molecule has 0 heterocycles. The molecular weight excluding hydrogens is 176 g/mol. The summed E-state index contributed by atoms with van der Waals surface area (Å²) in [6.45, 7) is 9.48. The van der Waals surface area contributed by atoms with Gasteiger partial charge >= 0.3 is 0 Å². The van der Waals surface area contributed by atoms with Gasteiger partial charge in [0.15, 0.2) is 0 Å². The van der Waals surface area contributed by atoms with Crippen molar-refractivity contribution in [1.29, 1.82) is 0 Å². The standard InChI is InChI=1S/C11H26N2O/c1-4-11(5-2,10-12)13(6-3)8-7-9-14/h14H,4-10,12H2,1-3H3. The summed E-state index contributed by atoms with van der Waals surface area (Å²) in [5, 5.41) is 8.84. The highest BCUT2D eigenvalue weighted by Crippen LogP contribution is 2.22. The molecule has 0 aromatic rings. The van der Waals surface area contributed by atoms with Crippen molar-refractivity contribution in [2.45, 2.75) is 45.6 Å². The van der Waals surface area contributed by atoms with Crippen LogP contribution in [0.4, 0.5) is 0 Å².